The molecule has 2 rings (SSSR count). The van der Waals surface area contributed by atoms with Crippen LogP contribution in [-0.2, 0) is 6.42 Å². The molecule has 0 bridgehead atoms. The number of nitrogens with zero attached hydrogens (tertiary/aromatic N) is 2. The molecular formula is C8H9N3O. The Balaban J connectivity index is 2.35. The van der Waals surface area contributed by atoms with Crippen LogP contribution in [0.25, 0.3) is 11.6 Å². The van der Waals surface area contributed by atoms with Crippen LogP contribution in [-0.4, -0.2) is 15.2 Å². The highest BCUT2D eigenvalue weighted by Crippen LogP contribution is 2.14. The highest BCUT2D eigenvalue weighted by Gasteiger charge is 2.06. The van der Waals surface area contributed by atoms with Crippen molar-refractivity contribution in [2.24, 2.45) is 0 Å². The van der Waals surface area contributed by atoms with Crippen LogP contribution in [0.15, 0.2) is 22.7 Å². The average molecular weight is 163 g/mol. The van der Waals surface area contributed by atoms with E-state index in [1.807, 2.05) is 25.3 Å². The number of H-pyrrole nitrogens is 1. The molecule has 1 N–H and O–H groups in total. The van der Waals surface area contributed by atoms with E-state index in [1.54, 1.807) is 0 Å². The molecule has 2 aromatic rings. The standard InChI is InChI=1S/C8H9N3O/c1-2-7-10-11-8(12-7)6-4-3-5-9-6/h3-5,9H,2H2,1H3. The maximum atomic E-state index is 5.32. The molecule has 0 unspecified atom stereocenters. The van der Waals surface area contributed by atoms with E-state index in [0.717, 1.165) is 12.1 Å². The van der Waals surface area contributed by atoms with Crippen molar-refractivity contribution in [2.75, 3.05) is 0 Å². The van der Waals surface area contributed by atoms with Gasteiger partial charge < -0.3 is 9.40 Å². The first-order valence-corrected chi connectivity index (χ1v) is 3.86. The molecule has 0 aliphatic heterocycles. The van der Waals surface area contributed by atoms with E-state index in [9.17, 15) is 0 Å². The summed E-state index contributed by atoms with van der Waals surface area (Å²) in [7, 11) is 0. The van der Waals surface area contributed by atoms with Gasteiger partial charge in [-0.25, -0.2) is 0 Å². The van der Waals surface area contributed by atoms with Gasteiger partial charge in [-0.1, -0.05) is 6.92 Å². The third-order valence-corrected chi connectivity index (χ3v) is 1.60. The fraction of sp³-hybridized carbons (Fsp3) is 0.250. The molecule has 0 aliphatic rings. The maximum absolute atomic E-state index is 5.32. The summed E-state index contributed by atoms with van der Waals surface area (Å²) in [6.07, 6.45) is 2.60. The Morgan fingerprint density at radius 2 is 2.42 bits per heavy atom. The van der Waals surface area contributed by atoms with Gasteiger partial charge in [-0.05, 0) is 12.1 Å². The Morgan fingerprint density at radius 3 is 3.00 bits per heavy atom. The van der Waals surface area contributed by atoms with Crippen LogP contribution in [0.2, 0.25) is 0 Å². The third-order valence-electron chi connectivity index (χ3n) is 1.60. The molecule has 0 fully saturated rings. The van der Waals surface area contributed by atoms with Crippen molar-refractivity contribution in [1.82, 2.24) is 15.2 Å². The number of hydrogen-bond acceptors (Lipinski definition) is 3. The molecular weight excluding hydrogens is 154 g/mol. The van der Waals surface area contributed by atoms with E-state index < -0.39 is 0 Å². The van der Waals surface area contributed by atoms with Gasteiger partial charge in [0, 0.05) is 12.6 Å². The Bertz CT molecular complexity index is 350. The van der Waals surface area contributed by atoms with Crippen molar-refractivity contribution in [1.29, 1.82) is 0 Å². The Hall–Kier alpha value is -1.58. The number of aromatic amines is 1. The number of nitrogens with one attached hydrogen (secondary N) is 1. The molecule has 0 aliphatic carbocycles. The smallest absolute Gasteiger partial charge is 0.264 e. The largest absolute Gasteiger partial charge is 0.419 e. The molecule has 2 aromatic heterocycles. The van der Waals surface area contributed by atoms with Gasteiger partial charge in [0.25, 0.3) is 5.89 Å². The van der Waals surface area contributed by atoms with Gasteiger partial charge in [-0.15, -0.1) is 10.2 Å². The van der Waals surface area contributed by atoms with Gasteiger partial charge in [-0.3, -0.25) is 0 Å². The lowest BCUT2D eigenvalue weighted by Crippen LogP contribution is -1.76. The minimum Gasteiger partial charge on any atom is -0.419 e. The van der Waals surface area contributed by atoms with Crippen LogP contribution in [0.1, 0.15) is 12.8 Å². The number of aromatic nitrogens is 3. The molecule has 2 heterocycles. The second-order valence-electron chi connectivity index (χ2n) is 2.44. The van der Waals surface area contributed by atoms with E-state index in [0.29, 0.717) is 11.8 Å². The molecule has 0 saturated carbocycles. The van der Waals surface area contributed by atoms with Crippen LogP contribution in [0.5, 0.6) is 0 Å². The van der Waals surface area contributed by atoms with Gasteiger partial charge in [0.2, 0.25) is 5.89 Å². The summed E-state index contributed by atoms with van der Waals surface area (Å²) < 4.78 is 5.32. The fourth-order valence-corrected chi connectivity index (χ4v) is 0.969. The Labute approximate surface area is 69.6 Å². The van der Waals surface area contributed by atoms with Crippen molar-refractivity contribution in [2.45, 2.75) is 13.3 Å². The Kier molecular flexibility index (Phi) is 1.66. The first-order valence-electron chi connectivity index (χ1n) is 3.86. The summed E-state index contributed by atoms with van der Waals surface area (Å²) in [6.45, 7) is 1.98. The van der Waals surface area contributed by atoms with Gasteiger partial charge in [0.15, 0.2) is 0 Å². The molecule has 0 atom stereocenters. The summed E-state index contributed by atoms with van der Waals surface area (Å²) in [6, 6.07) is 3.79. The molecule has 12 heavy (non-hydrogen) atoms. The SMILES string of the molecule is CCc1nnc(-c2ccc[nH]2)o1. The second-order valence-corrected chi connectivity index (χ2v) is 2.44. The highest BCUT2D eigenvalue weighted by molar-refractivity contribution is 5.45. The minimum absolute atomic E-state index is 0.553. The monoisotopic (exact) mass is 163 g/mol. The zero-order valence-corrected chi connectivity index (χ0v) is 6.74. The summed E-state index contributed by atoms with van der Waals surface area (Å²) in [5.74, 6) is 1.22. The van der Waals surface area contributed by atoms with Crippen LogP contribution in [0.4, 0.5) is 0 Å². The van der Waals surface area contributed by atoms with E-state index in [1.165, 1.54) is 0 Å². The summed E-state index contributed by atoms with van der Waals surface area (Å²) in [4.78, 5) is 2.99. The lowest BCUT2D eigenvalue weighted by Gasteiger charge is -1.85. The molecule has 0 radical (unpaired) electrons. The molecule has 0 aromatic carbocycles. The van der Waals surface area contributed by atoms with Crippen LogP contribution >= 0.6 is 0 Å². The third kappa shape index (κ3) is 1.11. The minimum atomic E-state index is 0.553. The summed E-state index contributed by atoms with van der Waals surface area (Å²) in [5, 5.41) is 7.74. The topological polar surface area (TPSA) is 54.7 Å². The van der Waals surface area contributed by atoms with Crippen molar-refractivity contribution >= 4 is 0 Å². The van der Waals surface area contributed by atoms with Crippen molar-refractivity contribution in [3.05, 3.63) is 24.2 Å². The lowest BCUT2D eigenvalue weighted by atomic mass is 10.4. The molecule has 4 heteroatoms. The zero-order chi connectivity index (χ0) is 8.39. The number of rotatable bonds is 2. The van der Waals surface area contributed by atoms with Crippen LogP contribution in [0, 0.1) is 0 Å². The first kappa shape index (κ1) is 7.09. The molecule has 0 spiro atoms. The quantitative estimate of drug-likeness (QED) is 0.732. The predicted molar refractivity (Wildman–Crippen MR) is 43.5 cm³/mol. The highest BCUT2D eigenvalue weighted by atomic mass is 16.4. The second kappa shape index (κ2) is 2.81. The molecule has 0 amide bonds. The van der Waals surface area contributed by atoms with Crippen molar-refractivity contribution < 1.29 is 4.42 Å². The van der Waals surface area contributed by atoms with E-state index in [-0.39, 0.29) is 0 Å². The van der Waals surface area contributed by atoms with Crippen molar-refractivity contribution in [3.63, 3.8) is 0 Å². The Morgan fingerprint density at radius 1 is 1.50 bits per heavy atom. The maximum Gasteiger partial charge on any atom is 0.264 e. The van der Waals surface area contributed by atoms with Gasteiger partial charge in [0.05, 0.1) is 0 Å². The van der Waals surface area contributed by atoms with Crippen LogP contribution in [0.3, 0.4) is 0 Å². The van der Waals surface area contributed by atoms with Gasteiger partial charge >= 0.3 is 0 Å². The van der Waals surface area contributed by atoms with E-state index in [4.69, 9.17) is 4.42 Å². The normalized spacial score (nSPS) is 10.4. The summed E-state index contributed by atoms with van der Waals surface area (Å²) in [5.41, 5.74) is 0.863. The van der Waals surface area contributed by atoms with Gasteiger partial charge in [0.1, 0.15) is 5.69 Å². The number of aryl methyl sites for hydroxylation is 1. The zero-order valence-electron chi connectivity index (χ0n) is 6.74. The molecule has 4 nitrogen and oxygen atoms in total. The molecule has 62 valence electrons. The van der Waals surface area contributed by atoms with Crippen molar-refractivity contribution in [3.8, 4) is 11.6 Å². The molecule has 0 saturated heterocycles. The van der Waals surface area contributed by atoms with Crippen LogP contribution < -0.4 is 0 Å². The van der Waals surface area contributed by atoms with E-state index in [2.05, 4.69) is 15.2 Å². The lowest BCUT2D eigenvalue weighted by molar-refractivity contribution is 0.511. The first-order chi connectivity index (χ1) is 5.90. The number of hydrogen-bond donors (Lipinski definition) is 1. The predicted octanol–water partition coefficient (Wildman–Crippen LogP) is 1.63. The summed E-state index contributed by atoms with van der Waals surface area (Å²) >= 11 is 0. The van der Waals surface area contributed by atoms with E-state index >= 15 is 0 Å². The fourth-order valence-electron chi connectivity index (χ4n) is 0.969. The van der Waals surface area contributed by atoms with Gasteiger partial charge in [-0.2, -0.15) is 0 Å². The average Bonchev–Trinajstić information content (AvgIpc) is 2.75.